The Morgan fingerprint density at radius 2 is 2.16 bits per heavy atom. The second-order valence-electron chi connectivity index (χ2n) is 6.37. The molecule has 4 heteroatoms. The summed E-state index contributed by atoms with van der Waals surface area (Å²) in [6.07, 6.45) is 2.86. The van der Waals surface area contributed by atoms with E-state index in [2.05, 4.69) is 36.0 Å². The van der Waals surface area contributed by atoms with Crippen LogP contribution in [-0.2, 0) is 6.54 Å². The van der Waals surface area contributed by atoms with Gasteiger partial charge in [0.2, 0.25) is 0 Å². The molecule has 2 fully saturated rings. The first-order chi connectivity index (χ1) is 9.13. The van der Waals surface area contributed by atoms with E-state index >= 15 is 0 Å². The molecule has 0 bridgehead atoms. The lowest BCUT2D eigenvalue weighted by molar-refractivity contribution is 0.0729. The number of thiazole rings is 1. The molecule has 1 saturated heterocycles. The standard InChI is InChI=1S/C15H25N3S/c1-11(2)14-10-19-15(16-14)9-17-6-7-18(8-12(17)3)13-4-5-13/h10-13H,4-9H2,1-3H3. The highest BCUT2D eigenvalue weighted by atomic mass is 32.1. The highest BCUT2D eigenvalue weighted by Gasteiger charge is 2.34. The van der Waals surface area contributed by atoms with E-state index < -0.39 is 0 Å². The minimum Gasteiger partial charge on any atom is -0.298 e. The van der Waals surface area contributed by atoms with Gasteiger partial charge in [-0.15, -0.1) is 11.3 Å². The van der Waals surface area contributed by atoms with Gasteiger partial charge in [0.1, 0.15) is 5.01 Å². The molecule has 1 saturated carbocycles. The molecule has 3 rings (SSSR count). The van der Waals surface area contributed by atoms with Crippen LogP contribution in [0, 0.1) is 0 Å². The molecule has 3 nitrogen and oxygen atoms in total. The van der Waals surface area contributed by atoms with Gasteiger partial charge in [0, 0.05) is 37.1 Å². The van der Waals surface area contributed by atoms with Crippen LogP contribution in [0.3, 0.4) is 0 Å². The third kappa shape index (κ3) is 3.18. The Morgan fingerprint density at radius 3 is 2.74 bits per heavy atom. The van der Waals surface area contributed by atoms with Gasteiger partial charge in [0.15, 0.2) is 0 Å². The molecular formula is C15H25N3S. The zero-order chi connectivity index (χ0) is 13.4. The molecule has 19 heavy (non-hydrogen) atoms. The zero-order valence-electron chi connectivity index (χ0n) is 12.3. The van der Waals surface area contributed by atoms with Gasteiger partial charge in [0.05, 0.1) is 12.2 Å². The van der Waals surface area contributed by atoms with Gasteiger partial charge in [-0.1, -0.05) is 13.8 Å². The van der Waals surface area contributed by atoms with Crippen LogP contribution < -0.4 is 0 Å². The van der Waals surface area contributed by atoms with Crippen molar-refractivity contribution in [1.82, 2.24) is 14.8 Å². The van der Waals surface area contributed by atoms with Crippen LogP contribution >= 0.6 is 11.3 Å². The zero-order valence-corrected chi connectivity index (χ0v) is 13.1. The van der Waals surface area contributed by atoms with Gasteiger partial charge < -0.3 is 0 Å². The Morgan fingerprint density at radius 1 is 1.37 bits per heavy atom. The molecule has 1 aliphatic heterocycles. The van der Waals surface area contributed by atoms with Crippen molar-refractivity contribution in [1.29, 1.82) is 0 Å². The summed E-state index contributed by atoms with van der Waals surface area (Å²) in [7, 11) is 0. The average Bonchev–Trinajstić information content (AvgIpc) is 3.11. The lowest BCUT2D eigenvalue weighted by Gasteiger charge is -2.39. The first kappa shape index (κ1) is 13.5. The number of nitrogens with zero attached hydrogens (tertiary/aromatic N) is 3. The molecule has 1 aromatic rings. The van der Waals surface area contributed by atoms with Crippen LogP contribution in [0.4, 0.5) is 0 Å². The fraction of sp³-hybridized carbons (Fsp3) is 0.800. The third-order valence-electron chi connectivity index (χ3n) is 4.36. The van der Waals surface area contributed by atoms with Crippen molar-refractivity contribution in [3.63, 3.8) is 0 Å². The molecule has 0 aromatic carbocycles. The largest absolute Gasteiger partial charge is 0.298 e. The second kappa shape index (κ2) is 5.51. The van der Waals surface area contributed by atoms with Crippen LogP contribution in [0.25, 0.3) is 0 Å². The van der Waals surface area contributed by atoms with Crippen LogP contribution in [0.15, 0.2) is 5.38 Å². The van der Waals surface area contributed by atoms with Crippen molar-refractivity contribution in [2.45, 2.75) is 58.2 Å². The predicted octanol–water partition coefficient (Wildman–Crippen LogP) is 2.94. The maximum absolute atomic E-state index is 4.77. The van der Waals surface area contributed by atoms with Gasteiger partial charge in [-0.25, -0.2) is 4.98 Å². The first-order valence-corrected chi connectivity index (χ1v) is 8.44. The predicted molar refractivity (Wildman–Crippen MR) is 80.7 cm³/mol. The van der Waals surface area contributed by atoms with Gasteiger partial charge in [-0.05, 0) is 25.7 Å². The van der Waals surface area contributed by atoms with Crippen molar-refractivity contribution in [2.75, 3.05) is 19.6 Å². The normalized spacial score (nSPS) is 26.2. The van der Waals surface area contributed by atoms with E-state index in [1.54, 1.807) is 0 Å². The highest BCUT2D eigenvalue weighted by Crippen LogP contribution is 2.29. The summed E-state index contributed by atoms with van der Waals surface area (Å²) in [6.45, 7) is 11.5. The summed E-state index contributed by atoms with van der Waals surface area (Å²) < 4.78 is 0. The van der Waals surface area contributed by atoms with E-state index in [1.807, 2.05) is 11.3 Å². The summed E-state index contributed by atoms with van der Waals surface area (Å²) in [6, 6.07) is 1.58. The van der Waals surface area contributed by atoms with Gasteiger partial charge in [-0.2, -0.15) is 0 Å². The van der Waals surface area contributed by atoms with E-state index in [0.717, 1.165) is 12.6 Å². The lowest BCUT2D eigenvalue weighted by atomic mass is 10.1. The van der Waals surface area contributed by atoms with Crippen molar-refractivity contribution in [2.24, 2.45) is 0 Å². The SMILES string of the molecule is CC(C)c1csc(CN2CCN(C3CC3)CC2C)n1. The fourth-order valence-electron chi connectivity index (χ4n) is 2.87. The minimum atomic E-state index is 0.550. The van der Waals surface area contributed by atoms with Gasteiger partial charge >= 0.3 is 0 Å². The second-order valence-corrected chi connectivity index (χ2v) is 7.31. The fourth-order valence-corrected chi connectivity index (χ4v) is 3.85. The smallest absolute Gasteiger partial charge is 0.107 e. The Hall–Kier alpha value is -0.450. The van der Waals surface area contributed by atoms with Crippen LogP contribution in [0.5, 0.6) is 0 Å². The lowest BCUT2D eigenvalue weighted by Crippen LogP contribution is -2.51. The highest BCUT2D eigenvalue weighted by molar-refractivity contribution is 7.09. The molecule has 2 aliphatic rings. The topological polar surface area (TPSA) is 19.4 Å². The van der Waals surface area contributed by atoms with E-state index in [0.29, 0.717) is 12.0 Å². The molecule has 0 amide bonds. The van der Waals surface area contributed by atoms with E-state index in [9.17, 15) is 0 Å². The van der Waals surface area contributed by atoms with Crippen molar-refractivity contribution >= 4 is 11.3 Å². The monoisotopic (exact) mass is 279 g/mol. The maximum atomic E-state index is 4.77. The number of aromatic nitrogens is 1. The summed E-state index contributed by atoms with van der Waals surface area (Å²) >= 11 is 1.83. The summed E-state index contributed by atoms with van der Waals surface area (Å²) in [5.41, 5.74) is 1.25. The van der Waals surface area contributed by atoms with Crippen LogP contribution in [-0.4, -0.2) is 46.5 Å². The summed E-state index contributed by atoms with van der Waals surface area (Å²) in [5, 5.41) is 3.51. The van der Waals surface area contributed by atoms with E-state index in [1.165, 1.54) is 43.2 Å². The molecule has 106 valence electrons. The van der Waals surface area contributed by atoms with Crippen LogP contribution in [0.1, 0.15) is 50.2 Å². The summed E-state index contributed by atoms with van der Waals surface area (Å²) in [5.74, 6) is 0.550. The maximum Gasteiger partial charge on any atom is 0.107 e. The molecule has 0 radical (unpaired) electrons. The Kier molecular flexibility index (Phi) is 3.92. The molecule has 1 atom stereocenters. The molecule has 2 heterocycles. The van der Waals surface area contributed by atoms with E-state index in [4.69, 9.17) is 4.98 Å². The number of piperazine rings is 1. The number of rotatable bonds is 4. The number of hydrogen-bond donors (Lipinski definition) is 0. The third-order valence-corrected chi connectivity index (χ3v) is 5.21. The Balaban J connectivity index is 1.57. The molecule has 1 unspecified atom stereocenters. The van der Waals surface area contributed by atoms with Crippen molar-refractivity contribution in [3.8, 4) is 0 Å². The van der Waals surface area contributed by atoms with E-state index in [-0.39, 0.29) is 0 Å². The number of hydrogen-bond acceptors (Lipinski definition) is 4. The first-order valence-electron chi connectivity index (χ1n) is 7.56. The van der Waals surface area contributed by atoms with Crippen molar-refractivity contribution in [3.05, 3.63) is 16.1 Å². The molecule has 0 N–H and O–H groups in total. The quantitative estimate of drug-likeness (QED) is 0.845. The van der Waals surface area contributed by atoms with Crippen LogP contribution in [0.2, 0.25) is 0 Å². The Bertz CT molecular complexity index is 425. The molecule has 1 aliphatic carbocycles. The minimum absolute atomic E-state index is 0.550. The van der Waals surface area contributed by atoms with Crippen molar-refractivity contribution < 1.29 is 0 Å². The van der Waals surface area contributed by atoms with Gasteiger partial charge in [0.25, 0.3) is 0 Å². The summed E-state index contributed by atoms with van der Waals surface area (Å²) in [4.78, 5) is 10.1. The molecular weight excluding hydrogens is 254 g/mol. The molecule has 0 spiro atoms. The Labute approximate surface area is 120 Å². The average molecular weight is 279 g/mol. The van der Waals surface area contributed by atoms with Gasteiger partial charge in [-0.3, -0.25) is 9.80 Å². The molecule has 1 aromatic heterocycles.